The van der Waals surface area contributed by atoms with Crippen molar-refractivity contribution < 1.29 is 18.0 Å². The zero-order chi connectivity index (χ0) is 18.9. The van der Waals surface area contributed by atoms with Crippen molar-refractivity contribution in [2.45, 2.75) is 17.7 Å². The number of nitrogens with one attached hydrogen (secondary N) is 1. The van der Waals surface area contributed by atoms with Gasteiger partial charge in [-0.2, -0.15) is 9.41 Å². The van der Waals surface area contributed by atoms with Crippen molar-refractivity contribution >= 4 is 50.8 Å². The number of piperazine rings is 1. The number of rotatable bonds is 3. The normalized spacial score (nSPS) is 19.1. The zero-order valence-electron chi connectivity index (χ0n) is 13.6. The lowest BCUT2D eigenvalue weighted by atomic mass is 10.1. The van der Waals surface area contributed by atoms with Gasteiger partial charge < -0.3 is 4.90 Å². The number of hydrogen-bond acceptors (Lipinski definition) is 5. The molecule has 1 aromatic rings. The number of hydrazone groups is 1. The van der Waals surface area contributed by atoms with Crippen LogP contribution in [0.25, 0.3) is 0 Å². The number of carbonyl (C=O) groups excluding carboxylic acids is 2. The number of sulfonamides is 1. The number of carbonyl (C=O) groups is 2. The molecule has 0 atom stereocenters. The van der Waals surface area contributed by atoms with Crippen LogP contribution in [-0.2, 0) is 19.6 Å². The summed E-state index contributed by atoms with van der Waals surface area (Å²) in [6.07, 6.45) is 0.488. The molecule has 3 rings (SSSR count). The van der Waals surface area contributed by atoms with Gasteiger partial charge in [0.2, 0.25) is 15.9 Å². The number of amides is 2. The molecule has 0 unspecified atom stereocenters. The van der Waals surface area contributed by atoms with E-state index in [-0.39, 0.29) is 71.5 Å². The Balaban J connectivity index is 1.70. The Labute approximate surface area is 160 Å². The van der Waals surface area contributed by atoms with E-state index in [2.05, 4.69) is 10.5 Å². The van der Waals surface area contributed by atoms with E-state index in [0.29, 0.717) is 0 Å². The highest BCUT2D eigenvalue weighted by molar-refractivity contribution is 7.89. The minimum atomic E-state index is -3.86. The van der Waals surface area contributed by atoms with Crippen LogP contribution in [0, 0.1) is 0 Å². The first kappa shape index (κ1) is 19.1. The summed E-state index contributed by atoms with van der Waals surface area (Å²) in [6.45, 7) is 0.671. The second kappa shape index (κ2) is 7.51. The van der Waals surface area contributed by atoms with E-state index in [9.17, 15) is 18.0 Å². The van der Waals surface area contributed by atoms with Crippen LogP contribution in [0.4, 0.5) is 0 Å². The standard InChI is InChI=1S/C15H16Cl2N4O4S/c16-10-2-1-3-11(17)14(10)26(24,25)21-8-6-20(7-9-21)15(23)12-4-5-13(22)19-18-12/h1-3H,4-9H2,(H,19,22). The fourth-order valence-corrected chi connectivity index (χ4v) is 5.31. The van der Waals surface area contributed by atoms with Crippen molar-refractivity contribution in [1.29, 1.82) is 0 Å². The number of hydrogen-bond donors (Lipinski definition) is 1. The smallest absolute Gasteiger partial charge is 0.270 e. The lowest BCUT2D eigenvalue weighted by molar-refractivity contribution is -0.125. The van der Waals surface area contributed by atoms with Crippen molar-refractivity contribution in [1.82, 2.24) is 14.6 Å². The van der Waals surface area contributed by atoms with E-state index in [4.69, 9.17) is 23.2 Å². The zero-order valence-corrected chi connectivity index (χ0v) is 15.9. The third-order valence-corrected chi connectivity index (χ3v) is 7.05. The van der Waals surface area contributed by atoms with Crippen LogP contribution in [0.3, 0.4) is 0 Å². The third kappa shape index (κ3) is 3.71. The van der Waals surface area contributed by atoms with Gasteiger partial charge in [-0.05, 0) is 12.1 Å². The molecule has 1 N–H and O–H groups in total. The Morgan fingerprint density at radius 1 is 1.08 bits per heavy atom. The van der Waals surface area contributed by atoms with Gasteiger partial charge in [-0.1, -0.05) is 29.3 Å². The molecule has 1 saturated heterocycles. The van der Waals surface area contributed by atoms with Crippen LogP contribution < -0.4 is 5.43 Å². The van der Waals surface area contributed by atoms with E-state index in [1.807, 2.05) is 0 Å². The minimum Gasteiger partial charge on any atom is -0.335 e. The van der Waals surface area contributed by atoms with Gasteiger partial charge in [0.25, 0.3) is 5.91 Å². The average Bonchev–Trinajstić information content (AvgIpc) is 2.61. The van der Waals surface area contributed by atoms with Crippen LogP contribution in [0.5, 0.6) is 0 Å². The summed E-state index contributed by atoms with van der Waals surface area (Å²) in [5.74, 6) is -0.521. The van der Waals surface area contributed by atoms with Gasteiger partial charge >= 0.3 is 0 Å². The Hall–Kier alpha value is -1.68. The quantitative estimate of drug-likeness (QED) is 0.793. The molecule has 2 heterocycles. The maximum atomic E-state index is 12.8. The van der Waals surface area contributed by atoms with E-state index in [0.717, 1.165) is 0 Å². The lowest BCUT2D eigenvalue weighted by Crippen LogP contribution is -2.52. The first-order chi connectivity index (χ1) is 12.3. The molecule has 0 aliphatic carbocycles. The van der Waals surface area contributed by atoms with Crippen molar-refractivity contribution in [2.24, 2.45) is 5.10 Å². The van der Waals surface area contributed by atoms with Gasteiger partial charge in [-0.15, -0.1) is 0 Å². The van der Waals surface area contributed by atoms with Gasteiger partial charge in [0.15, 0.2) is 0 Å². The van der Waals surface area contributed by atoms with Crippen LogP contribution in [-0.4, -0.2) is 61.3 Å². The van der Waals surface area contributed by atoms with Crippen molar-refractivity contribution in [2.75, 3.05) is 26.2 Å². The monoisotopic (exact) mass is 418 g/mol. The van der Waals surface area contributed by atoms with Gasteiger partial charge in [-0.25, -0.2) is 13.8 Å². The number of halogens is 2. The molecule has 0 bridgehead atoms. The molecule has 0 radical (unpaired) electrons. The summed E-state index contributed by atoms with van der Waals surface area (Å²) < 4.78 is 26.9. The topological polar surface area (TPSA) is 99.2 Å². The molecule has 8 nitrogen and oxygen atoms in total. The summed E-state index contributed by atoms with van der Waals surface area (Å²) >= 11 is 12.0. The summed E-state index contributed by atoms with van der Waals surface area (Å²) in [5.41, 5.74) is 2.56. The molecule has 0 spiro atoms. The van der Waals surface area contributed by atoms with E-state index >= 15 is 0 Å². The summed E-state index contributed by atoms with van der Waals surface area (Å²) in [7, 11) is -3.86. The van der Waals surface area contributed by atoms with E-state index < -0.39 is 10.0 Å². The summed E-state index contributed by atoms with van der Waals surface area (Å²) in [6, 6.07) is 4.51. The van der Waals surface area contributed by atoms with Gasteiger partial charge in [-0.3, -0.25) is 9.59 Å². The fraction of sp³-hybridized carbons (Fsp3) is 0.400. The molecule has 1 fully saturated rings. The molecule has 2 aliphatic heterocycles. The van der Waals surface area contributed by atoms with Crippen LogP contribution >= 0.6 is 23.2 Å². The van der Waals surface area contributed by atoms with E-state index in [1.54, 1.807) is 6.07 Å². The molecule has 1 aromatic carbocycles. The second-order valence-electron chi connectivity index (χ2n) is 5.84. The first-order valence-electron chi connectivity index (χ1n) is 7.89. The highest BCUT2D eigenvalue weighted by atomic mass is 35.5. The maximum Gasteiger partial charge on any atom is 0.270 e. The fourth-order valence-electron chi connectivity index (χ4n) is 2.80. The largest absolute Gasteiger partial charge is 0.335 e. The summed E-state index contributed by atoms with van der Waals surface area (Å²) in [5, 5.41) is 3.90. The Morgan fingerprint density at radius 2 is 1.69 bits per heavy atom. The molecule has 140 valence electrons. The van der Waals surface area contributed by atoms with Crippen LogP contribution in [0.15, 0.2) is 28.2 Å². The first-order valence-corrected chi connectivity index (χ1v) is 10.1. The van der Waals surface area contributed by atoms with Crippen molar-refractivity contribution in [3.8, 4) is 0 Å². The lowest BCUT2D eigenvalue weighted by Gasteiger charge is -2.34. The van der Waals surface area contributed by atoms with Crippen LogP contribution in [0.2, 0.25) is 10.0 Å². The number of nitrogens with zero attached hydrogens (tertiary/aromatic N) is 3. The van der Waals surface area contributed by atoms with E-state index in [1.165, 1.54) is 21.3 Å². The Kier molecular flexibility index (Phi) is 5.52. The number of benzene rings is 1. The third-order valence-electron chi connectivity index (χ3n) is 4.19. The molecule has 2 amide bonds. The van der Waals surface area contributed by atoms with Crippen molar-refractivity contribution in [3.05, 3.63) is 28.2 Å². The van der Waals surface area contributed by atoms with Crippen LogP contribution in [0.1, 0.15) is 12.8 Å². The Bertz CT molecular complexity index is 859. The maximum absolute atomic E-state index is 12.8. The molecule has 26 heavy (non-hydrogen) atoms. The predicted molar refractivity (Wildman–Crippen MR) is 96.6 cm³/mol. The minimum absolute atomic E-state index is 0.0586. The van der Waals surface area contributed by atoms with Gasteiger partial charge in [0, 0.05) is 39.0 Å². The predicted octanol–water partition coefficient (Wildman–Crippen LogP) is 1.09. The Morgan fingerprint density at radius 3 is 2.23 bits per heavy atom. The van der Waals surface area contributed by atoms with Gasteiger partial charge in [0.1, 0.15) is 10.6 Å². The highest BCUT2D eigenvalue weighted by Crippen LogP contribution is 2.31. The molecular formula is C15H16Cl2N4O4S. The molecule has 11 heteroatoms. The SMILES string of the molecule is O=C1CCC(C(=O)N2CCN(S(=O)(=O)c3c(Cl)cccc3Cl)CC2)=NN1. The van der Waals surface area contributed by atoms with Gasteiger partial charge in [0.05, 0.1) is 10.0 Å². The molecule has 0 aromatic heterocycles. The molecule has 2 aliphatic rings. The highest BCUT2D eigenvalue weighted by Gasteiger charge is 2.34. The molecule has 0 saturated carbocycles. The second-order valence-corrected chi connectivity index (χ2v) is 8.53. The average molecular weight is 419 g/mol. The van der Waals surface area contributed by atoms with Crippen molar-refractivity contribution in [3.63, 3.8) is 0 Å². The summed E-state index contributed by atoms with van der Waals surface area (Å²) in [4.78, 5) is 24.9. The molecular weight excluding hydrogens is 403 g/mol.